The van der Waals surface area contributed by atoms with Crippen molar-refractivity contribution in [2.45, 2.75) is 44.2 Å². The topological polar surface area (TPSA) is 96.0 Å². The minimum atomic E-state index is -4.08. The van der Waals surface area contributed by atoms with Gasteiger partial charge in [-0.3, -0.25) is 13.9 Å². The Labute approximate surface area is 225 Å². The fourth-order valence-electron chi connectivity index (χ4n) is 4.20. The van der Waals surface area contributed by atoms with Crippen molar-refractivity contribution in [2.24, 2.45) is 0 Å². The van der Waals surface area contributed by atoms with Crippen molar-refractivity contribution in [3.8, 4) is 5.75 Å². The molecule has 9 heteroatoms. The van der Waals surface area contributed by atoms with Gasteiger partial charge in [-0.1, -0.05) is 56.3 Å². The second-order valence-electron chi connectivity index (χ2n) is 8.76. The molecular weight excluding hydrogens is 502 g/mol. The van der Waals surface area contributed by atoms with E-state index >= 15 is 0 Å². The highest BCUT2D eigenvalue weighted by Gasteiger charge is 2.33. The van der Waals surface area contributed by atoms with Crippen LogP contribution < -0.4 is 14.4 Å². The summed E-state index contributed by atoms with van der Waals surface area (Å²) in [6.07, 6.45) is 1.15. The summed E-state index contributed by atoms with van der Waals surface area (Å²) in [5, 5.41) is 2.62. The highest BCUT2D eigenvalue weighted by Crippen LogP contribution is 2.25. The molecule has 3 rings (SSSR count). The minimum absolute atomic E-state index is 0.0741. The van der Waals surface area contributed by atoms with Crippen molar-refractivity contribution < 1.29 is 22.7 Å². The zero-order chi connectivity index (χ0) is 27.7. The van der Waals surface area contributed by atoms with Gasteiger partial charge in [-0.15, -0.1) is 0 Å². The van der Waals surface area contributed by atoms with Crippen LogP contribution in [0.3, 0.4) is 0 Å². The van der Waals surface area contributed by atoms with Crippen LogP contribution in [0.15, 0.2) is 83.8 Å². The highest BCUT2D eigenvalue weighted by atomic mass is 32.2. The largest absolute Gasteiger partial charge is 0.497 e. The average Bonchev–Trinajstić information content (AvgIpc) is 2.96. The SMILES string of the molecule is CCc1ccc(N(CC(=O)N(Cc2cccc(OC)c2)[C@H](CC)C(=O)NC)S(=O)(=O)c2ccccc2)cc1. The van der Waals surface area contributed by atoms with Crippen LogP contribution in [0.5, 0.6) is 5.75 Å². The molecule has 0 aromatic heterocycles. The molecule has 0 saturated carbocycles. The molecule has 0 unspecified atom stereocenters. The lowest BCUT2D eigenvalue weighted by Gasteiger charge is -2.33. The predicted molar refractivity (Wildman–Crippen MR) is 148 cm³/mol. The quantitative estimate of drug-likeness (QED) is 0.377. The Morgan fingerprint density at radius 1 is 0.921 bits per heavy atom. The predicted octanol–water partition coefficient (Wildman–Crippen LogP) is 4.01. The van der Waals surface area contributed by atoms with Crippen LogP contribution in [0, 0.1) is 0 Å². The molecule has 1 N–H and O–H groups in total. The van der Waals surface area contributed by atoms with E-state index in [9.17, 15) is 18.0 Å². The van der Waals surface area contributed by atoms with Crippen LogP contribution in [0.4, 0.5) is 5.69 Å². The molecule has 0 aliphatic carbocycles. The van der Waals surface area contributed by atoms with Gasteiger partial charge in [0.15, 0.2) is 0 Å². The van der Waals surface area contributed by atoms with Crippen LogP contribution in [-0.2, 0) is 32.6 Å². The lowest BCUT2D eigenvalue weighted by Crippen LogP contribution is -2.51. The lowest BCUT2D eigenvalue weighted by molar-refractivity contribution is -0.140. The zero-order valence-electron chi connectivity index (χ0n) is 22.3. The molecule has 8 nitrogen and oxygen atoms in total. The van der Waals surface area contributed by atoms with Crippen molar-refractivity contribution in [3.63, 3.8) is 0 Å². The molecule has 202 valence electrons. The Morgan fingerprint density at radius 2 is 1.61 bits per heavy atom. The molecule has 0 fully saturated rings. The number of rotatable bonds is 12. The van der Waals surface area contributed by atoms with E-state index < -0.39 is 28.5 Å². The maximum Gasteiger partial charge on any atom is 0.264 e. The smallest absolute Gasteiger partial charge is 0.264 e. The number of benzene rings is 3. The summed E-state index contributed by atoms with van der Waals surface area (Å²) in [5.74, 6) is -0.206. The molecule has 0 spiro atoms. The summed E-state index contributed by atoms with van der Waals surface area (Å²) in [5.41, 5.74) is 2.17. The summed E-state index contributed by atoms with van der Waals surface area (Å²) in [6.45, 7) is 3.46. The molecule has 0 radical (unpaired) electrons. The molecule has 2 amide bonds. The molecular formula is C29H35N3O5S. The molecule has 1 atom stereocenters. The summed E-state index contributed by atoms with van der Waals surface area (Å²) in [6, 6.07) is 21.5. The maximum atomic E-state index is 13.9. The van der Waals surface area contributed by atoms with Gasteiger partial charge in [0.05, 0.1) is 17.7 Å². The van der Waals surface area contributed by atoms with Gasteiger partial charge in [0.1, 0.15) is 18.3 Å². The number of anilines is 1. The van der Waals surface area contributed by atoms with Crippen molar-refractivity contribution in [1.29, 1.82) is 0 Å². The van der Waals surface area contributed by atoms with E-state index in [0.717, 1.165) is 21.9 Å². The Bertz CT molecular complexity index is 1330. The minimum Gasteiger partial charge on any atom is -0.497 e. The van der Waals surface area contributed by atoms with Crippen LogP contribution in [0.1, 0.15) is 31.4 Å². The number of carbonyl (C=O) groups excluding carboxylic acids is 2. The van der Waals surface area contributed by atoms with Crippen molar-refractivity contribution in [1.82, 2.24) is 10.2 Å². The van der Waals surface area contributed by atoms with Gasteiger partial charge in [0, 0.05) is 13.6 Å². The molecule has 3 aromatic rings. The van der Waals surface area contributed by atoms with Gasteiger partial charge in [-0.05, 0) is 60.4 Å². The number of hydrogen-bond acceptors (Lipinski definition) is 5. The first kappa shape index (κ1) is 28.7. The van der Waals surface area contributed by atoms with Crippen molar-refractivity contribution >= 4 is 27.5 Å². The second kappa shape index (κ2) is 13.1. The number of methoxy groups -OCH3 is 1. The summed E-state index contributed by atoms with van der Waals surface area (Å²) < 4.78 is 34.0. The molecule has 38 heavy (non-hydrogen) atoms. The average molecular weight is 538 g/mol. The van der Waals surface area contributed by atoms with E-state index in [1.807, 2.05) is 32.0 Å². The Balaban J connectivity index is 2.05. The standard InChI is InChI=1S/C29H35N3O5S/c1-5-22-15-17-24(18-16-22)32(38(35,36)26-13-8-7-9-14-26)21-28(33)31(27(6-2)29(34)30-3)20-23-11-10-12-25(19-23)37-4/h7-19,27H,5-6,20-21H2,1-4H3,(H,30,34)/t27-/m1/s1. The lowest BCUT2D eigenvalue weighted by atomic mass is 10.1. The van der Waals surface area contributed by atoms with Crippen LogP contribution in [0.2, 0.25) is 0 Å². The van der Waals surface area contributed by atoms with Gasteiger partial charge in [-0.2, -0.15) is 0 Å². The van der Waals surface area contributed by atoms with E-state index in [0.29, 0.717) is 17.9 Å². The molecule has 0 aliphatic rings. The number of sulfonamides is 1. The number of nitrogens with one attached hydrogen (secondary N) is 1. The normalized spacial score (nSPS) is 11.9. The van der Waals surface area contributed by atoms with Gasteiger partial charge in [0.25, 0.3) is 10.0 Å². The Hall–Kier alpha value is -3.85. The van der Waals surface area contributed by atoms with Crippen LogP contribution in [-0.4, -0.2) is 51.9 Å². The van der Waals surface area contributed by atoms with E-state index in [1.54, 1.807) is 55.6 Å². The first-order chi connectivity index (χ1) is 18.2. The number of nitrogens with zero attached hydrogens (tertiary/aromatic N) is 2. The van der Waals surface area contributed by atoms with E-state index in [2.05, 4.69) is 5.32 Å². The third kappa shape index (κ3) is 6.72. The van der Waals surface area contributed by atoms with Gasteiger partial charge in [-0.25, -0.2) is 8.42 Å². The highest BCUT2D eigenvalue weighted by molar-refractivity contribution is 7.92. The third-order valence-electron chi connectivity index (χ3n) is 6.36. The van der Waals surface area contributed by atoms with E-state index in [1.165, 1.54) is 24.1 Å². The van der Waals surface area contributed by atoms with Crippen LogP contribution in [0.25, 0.3) is 0 Å². The molecule has 3 aromatic carbocycles. The van der Waals surface area contributed by atoms with E-state index in [4.69, 9.17) is 4.74 Å². The number of aryl methyl sites for hydroxylation is 1. The summed E-state index contributed by atoms with van der Waals surface area (Å²) >= 11 is 0. The molecule has 0 heterocycles. The molecule has 0 saturated heterocycles. The second-order valence-corrected chi connectivity index (χ2v) is 10.6. The first-order valence-electron chi connectivity index (χ1n) is 12.6. The summed E-state index contributed by atoms with van der Waals surface area (Å²) in [7, 11) is -1.01. The third-order valence-corrected chi connectivity index (χ3v) is 8.15. The number of likely N-dealkylation sites (N-methyl/N-ethyl adjacent to an activating group) is 1. The van der Waals surface area contributed by atoms with Gasteiger partial charge < -0.3 is 15.0 Å². The maximum absolute atomic E-state index is 13.9. The fourth-order valence-corrected chi connectivity index (χ4v) is 5.64. The number of ether oxygens (including phenoxy) is 1. The number of amides is 2. The molecule has 0 bridgehead atoms. The number of hydrogen-bond donors (Lipinski definition) is 1. The molecule has 0 aliphatic heterocycles. The van der Waals surface area contributed by atoms with Gasteiger partial charge in [0.2, 0.25) is 11.8 Å². The Morgan fingerprint density at radius 3 is 2.18 bits per heavy atom. The van der Waals surface area contributed by atoms with E-state index in [-0.39, 0.29) is 17.3 Å². The summed E-state index contributed by atoms with van der Waals surface area (Å²) in [4.78, 5) is 28.2. The first-order valence-corrected chi connectivity index (χ1v) is 14.0. The monoisotopic (exact) mass is 537 g/mol. The zero-order valence-corrected chi connectivity index (χ0v) is 23.1. The van der Waals surface area contributed by atoms with Crippen molar-refractivity contribution in [2.75, 3.05) is 25.0 Å². The Kier molecular flexibility index (Phi) is 9.90. The van der Waals surface area contributed by atoms with Crippen molar-refractivity contribution in [3.05, 3.63) is 90.0 Å². The fraction of sp³-hybridized carbons (Fsp3) is 0.310. The van der Waals surface area contributed by atoms with Gasteiger partial charge >= 0.3 is 0 Å². The van der Waals surface area contributed by atoms with Crippen LogP contribution >= 0.6 is 0 Å². The number of carbonyl (C=O) groups is 2.